The van der Waals surface area contributed by atoms with Gasteiger partial charge in [0.15, 0.2) is 0 Å². The third kappa shape index (κ3) is 3.62. The van der Waals surface area contributed by atoms with Gasteiger partial charge in [-0.05, 0) is 11.6 Å². The molecule has 0 aromatic heterocycles. The van der Waals surface area contributed by atoms with E-state index >= 15 is 0 Å². The lowest BCUT2D eigenvalue weighted by atomic mass is 10.2. The molecule has 0 heterocycles. The topological polar surface area (TPSA) is 68.3 Å². The Kier molecular flexibility index (Phi) is 4.29. The van der Waals surface area contributed by atoms with E-state index in [9.17, 15) is 19.2 Å². The van der Waals surface area contributed by atoms with E-state index in [1.807, 2.05) is 0 Å². The monoisotopic (exact) mass is 176 g/mol. The minimum absolute atomic E-state index is 0.0608. The van der Waals surface area contributed by atoms with Crippen LogP contribution in [0.3, 0.4) is 0 Å². The number of hydrogen-bond acceptors (Lipinski definition) is 4. The molecule has 0 saturated carbocycles. The van der Waals surface area contributed by atoms with Crippen LogP contribution in [0.5, 0.6) is 0 Å². The van der Waals surface area contributed by atoms with Crippen molar-refractivity contribution in [1.29, 1.82) is 0 Å². The van der Waals surface area contributed by atoms with Gasteiger partial charge in [0.25, 0.3) is 11.0 Å². The van der Waals surface area contributed by atoms with Gasteiger partial charge in [0.1, 0.15) is 6.29 Å². The predicted octanol–water partition coefficient (Wildman–Crippen LogP) is -0.131. The summed E-state index contributed by atoms with van der Waals surface area (Å²) in [6, 6.07) is 0. The quantitative estimate of drug-likeness (QED) is 0.253. The summed E-state index contributed by atoms with van der Waals surface area (Å²) in [4.78, 5) is 40.7. The molecule has 0 rings (SSSR count). The molecule has 0 aromatic carbocycles. The minimum atomic E-state index is -1.30. The molecule has 0 fully saturated rings. The Balaban J connectivity index is 3.94. The maximum atomic E-state index is 10.5. The SMILES string of the molecule is O=CCCC(=O)C(=O)C(=O)Cl. The summed E-state index contributed by atoms with van der Waals surface area (Å²) in [5.41, 5.74) is 0. The second kappa shape index (κ2) is 4.73. The van der Waals surface area contributed by atoms with Crippen LogP contribution in [0, 0.1) is 0 Å². The van der Waals surface area contributed by atoms with Crippen LogP contribution in [-0.2, 0) is 19.2 Å². The molecule has 4 nitrogen and oxygen atoms in total. The van der Waals surface area contributed by atoms with Crippen LogP contribution in [0.2, 0.25) is 0 Å². The number of rotatable bonds is 5. The van der Waals surface area contributed by atoms with Crippen LogP contribution < -0.4 is 0 Å². The van der Waals surface area contributed by atoms with Gasteiger partial charge in [-0.1, -0.05) is 0 Å². The lowest BCUT2D eigenvalue weighted by molar-refractivity contribution is -0.141. The van der Waals surface area contributed by atoms with Gasteiger partial charge in [-0.2, -0.15) is 0 Å². The molecule has 60 valence electrons. The van der Waals surface area contributed by atoms with Crippen LogP contribution >= 0.6 is 11.6 Å². The van der Waals surface area contributed by atoms with Gasteiger partial charge in [-0.15, -0.1) is 0 Å². The summed E-state index contributed by atoms with van der Waals surface area (Å²) in [6.07, 6.45) is 0.180. The number of hydrogen-bond donors (Lipinski definition) is 0. The molecule has 0 aliphatic rings. The van der Waals surface area contributed by atoms with Gasteiger partial charge in [-0.25, -0.2) is 0 Å². The Labute approximate surface area is 67.5 Å². The van der Waals surface area contributed by atoms with E-state index in [0.29, 0.717) is 6.29 Å². The Bertz CT molecular complexity index is 209. The zero-order chi connectivity index (χ0) is 8.85. The summed E-state index contributed by atoms with van der Waals surface area (Å²) >= 11 is 4.70. The molecule has 0 atom stereocenters. The second-order valence-corrected chi connectivity index (χ2v) is 2.07. The molecule has 0 unspecified atom stereocenters. The lowest BCUT2D eigenvalue weighted by Crippen LogP contribution is -2.19. The zero-order valence-corrected chi connectivity index (χ0v) is 6.26. The van der Waals surface area contributed by atoms with Crippen LogP contribution in [-0.4, -0.2) is 23.1 Å². The molecule has 0 radical (unpaired) electrons. The largest absolute Gasteiger partial charge is 0.303 e. The third-order valence-electron chi connectivity index (χ3n) is 0.921. The first kappa shape index (κ1) is 9.97. The number of carbonyl (C=O) groups is 4. The number of halogens is 1. The van der Waals surface area contributed by atoms with Gasteiger partial charge in [0, 0.05) is 12.8 Å². The lowest BCUT2D eigenvalue weighted by Gasteiger charge is -1.89. The maximum absolute atomic E-state index is 10.5. The molecule has 0 amide bonds. The highest BCUT2D eigenvalue weighted by molar-refractivity contribution is 6.89. The smallest absolute Gasteiger partial charge is 0.296 e. The number of aldehydes is 1. The highest BCUT2D eigenvalue weighted by Gasteiger charge is 2.19. The highest BCUT2D eigenvalue weighted by atomic mass is 35.5. The molecule has 0 aliphatic carbocycles. The van der Waals surface area contributed by atoms with Crippen molar-refractivity contribution in [3.63, 3.8) is 0 Å². The number of ketones is 2. The number of Topliss-reactive ketones (excluding diaryl/α,β-unsaturated/α-hetero) is 2. The molecule has 0 saturated heterocycles. The fourth-order valence-electron chi connectivity index (χ4n) is 0.413. The standard InChI is InChI=1S/C6H5ClO4/c7-6(11)5(10)4(9)2-1-3-8/h3H,1-2H2. The van der Waals surface area contributed by atoms with Gasteiger partial charge < -0.3 is 4.79 Å². The van der Waals surface area contributed by atoms with Crippen molar-refractivity contribution in [3.05, 3.63) is 0 Å². The Morgan fingerprint density at radius 2 is 1.82 bits per heavy atom. The zero-order valence-electron chi connectivity index (χ0n) is 5.50. The van der Waals surface area contributed by atoms with E-state index < -0.39 is 16.8 Å². The van der Waals surface area contributed by atoms with Crippen LogP contribution in [0.25, 0.3) is 0 Å². The first-order valence-corrected chi connectivity index (χ1v) is 3.18. The van der Waals surface area contributed by atoms with Crippen molar-refractivity contribution >= 4 is 34.7 Å². The van der Waals surface area contributed by atoms with Crippen molar-refractivity contribution in [2.24, 2.45) is 0 Å². The van der Waals surface area contributed by atoms with Crippen molar-refractivity contribution in [3.8, 4) is 0 Å². The van der Waals surface area contributed by atoms with Gasteiger partial charge in [0.05, 0.1) is 0 Å². The summed E-state index contributed by atoms with van der Waals surface area (Å²) in [7, 11) is 0. The highest BCUT2D eigenvalue weighted by Crippen LogP contribution is 1.92. The predicted molar refractivity (Wildman–Crippen MR) is 36.2 cm³/mol. The summed E-state index contributed by atoms with van der Waals surface area (Å²) in [5.74, 6) is -2.18. The van der Waals surface area contributed by atoms with Crippen LogP contribution in [0.15, 0.2) is 0 Å². The van der Waals surface area contributed by atoms with E-state index in [1.54, 1.807) is 0 Å². The molecular weight excluding hydrogens is 172 g/mol. The van der Waals surface area contributed by atoms with Crippen molar-refractivity contribution in [1.82, 2.24) is 0 Å². The van der Waals surface area contributed by atoms with E-state index in [0.717, 1.165) is 0 Å². The summed E-state index contributed by atoms with van der Waals surface area (Å²) < 4.78 is 0. The average Bonchev–Trinajstić information content (AvgIpc) is 1.98. The average molecular weight is 177 g/mol. The van der Waals surface area contributed by atoms with Crippen molar-refractivity contribution in [2.75, 3.05) is 0 Å². The fraction of sp³-hybridized carbons (Fsp3) is 0.333. The molecule has 11 heavy (non-hydrogen) atoms. The normalized spacial score (nSPS) is 8.82. The Hall–Kier alpha value is -1.03. The number of carbonyl (C=O) groups excluding carboxylic acids is 4. The maximum Gasteiger partial charge on any atom is 0.296 e. The Morgan fingerprint density at radius 3 is 2.18 bits per heavy atom. The van der Waals surface area contributed by atoms with E-state index in [2.05, 4.69) is 0 Å². The molecule has 0 bridgehead atoms. The van der Waals surface area contributed by atoms with Crippen LogP contribution in [0.1, 0.15) is 12.8 Å². The summed E-state index contributed by atoms with van der Waals surface area (Å²) in [6.45, 7) is 0. The van der Waals surface area contributed by atoms with E-state index in [4.69, 9.17) is 11.6 Å². The van der Waals surface area contributed by atoms with Crippen LogP contribution in [0.4, 0.5) is 0 Å². The van der Waals surface area contributed by atoms with Crippen molar-refractivity contribution < 1.29 is 19.2 Å². The third-order valence-corrected chi connectivity index (χ3v) is 1.09. The van der Waals surface area contributed by atoms with E-state index in [-0.39, 0.29) is 12.8 Å². The van der Waals surface area contributed by atoms with Crippen molar-refractivity contribution in [2.45, 2.75) is 12.8 Å². The molecule has 0 spiro atoms. The fourth-order valence-corrected chi connectivity index (χ4v) is 0.519. The molecule has 0 N–H and O–H groups in total. The first-order chi connectivity index (χ1) is 5.09. The van der Waals surface area contributed by atoms with Gasteiger partial charge in [-0.3, -0.25) is 14.4 Å². The van der Waals surface area contributed by atoms with Gasteiger partial charge in [0.2, 0.25) is 5.78 Å². The minimum Gasteiger partial charge on any atom is -0.303 e. The second-order valence-electron chi connectivity index (χ2n) is 1.73. The molecule has 0 aromatic rings. The molecule has 5 heteroatoms. The molecular formula is C6H5ClO4. The Morgan fingerprint density at radius 1 is 1.27 bits per heavy atom. The van der Waals surface area contributed by atoms with Gasteiger partial charge >= 0.3 is 0 Å². The molecule has 0 aliphatic heterocycles. The first-order valence-electron chi connectivity index (χ1n) is 2.80. The van der Waals surface area contributed by atoms with E-state index in [1.165, 1.54) is 0 Å². The summed E-state index contributed by atoms with van der Waals surface area (Å²) in [5, 5.41) is -1.30.